The van der Waals surface area contributed by atoms with E-state index in [9.17, 15) is 24.0 Å². The van der Waals surface area contributed by atoms with Gasteiger partial charge in [-0.2, -0.15) is 0 Å². The largest absolute Gasteiger partial charge is 0.368 e. The van der Waals surface area contributed by atoms with E-state index >= 15 is 0 Å². The van der Waals surface area contributed by atoms with E-state index in [1.807, 2.05) is 0 Å². The second kappa shape index (κ2) is 38.3. The first kappa shape index (κ1) is 52.4. The van der Waals surface area contributed by atoms with Crippen LogP contribution < -0.4 is 44.2 Å². The van der Waals surface area contributed by atoms with E-state index in [0.29, 0.717) is 58.3 Å². The SMILES string of the molecule is CCCCCC(CCCCCC=O)NC(CCCCN)C(=O)NC(CCCCN)C(=O)NCCCCCCCCCCCC(=O)NC(CCCCN)C(N)=O. The first-order valence-electron chi connectivity index (χ1n) is 22.2. The number of carbonyl (C=O) groups is 5. The number of nitrogens with one attached hydrogen (secondary N) is 4. The molecule has 0 aliphatic heterocycles. The fourth-order valence-corrected chi connectivity index (χ4v) is 6.88. The molecule has 0 aliphatic rings. The van der Waals surface area contributed by atoms with Crippen molar-refractivity contribution in [2.75, 3.05) is 26.2 Å². The van der Waals surface area contributed by atoms with Gasteiger partial charge in [-0.15, -0.1) is 0 Å². The van der Waals surface area contributed by atoms with Crippen molar-refractivity contribution < 1.29 is 24.0 Å². The van der Waals surface area contributed by atoms with E-state index in [1.165, 1.54) is 0 Å². The monoisotopic (exact) mass is 781 g/mol. The van der Waals surface area contributed by atoms with Gasteiger partial charge in [-0.25, -0.2) is 0 Å². The first-order valence-corrected chi connectivity index (χ1v) is 22.2. The highest BCUT2D eigenvalue weighted by molar-refractivity contribution is 5.89. The molecule has 4 amide bonds. The molecule has 4 unspecified atom stereocenters. The van der Waals surface area contributed by atoms with Gasteiger partial charge in [0.05, 0.1) is 6.04 Å². The number of hydrogen-bond donors (Lipinski definition) is 8. The second-order valence-electron chi connectivity index (χ2n) is 15.4. The zero-order chi connectivity index (χ0) is 40.8. The Morgan fingerprint density at radius 1 is 0.527 bits per heavy atom. The first-order chi connectivity index (χ1) is 26.7. The van der Waals surface area contributed by atoms with Gasteiger partial charge in [0.2, 0.25) is 23.6 Å². The molecule has 0 bridgehead atoms. The number of amides is 4. The van der Waals surface area contributed by atoms with Gasteiger partial charge in [-0.3, -0.25) is 19.2 Å². The molecule has 0 fully saturated rings. The van der Waals surface area contributed by atoms with E-state index in [-0.39, 0.29) is 23.8 Å². The molecule has 0 heterocycles. The predicted molar refractivity (Wildman–Crippen MR) is 225 cm³/mol. The topological polar surface area (TPSA) is 238 Å². The maximum Gasteiger partial charge on any atom is 0.242 e. The number of aldehydes is 1. The van der Waals surface area contributed by atoms with E-state index in [2.05, 4.69) is 28.2 Å². The molecule has 13 heteroatoms. The van der Waals surface area contributed by atoms with Crippen molar-refractivity contribution in [1.29, 1.82) is 0 Å². The molecule has 4 atom stereocenters. The van der Waals surface area contributed by atoms with Crippen molar-refractivity contribution in [2.45, 2.75) is 211 Å². The average Bonchev–Trinajstić information content (AvgIpc) is 3.16. The lowest BCUT2D eigenvalue weighted by Gasteiger charge is -2.28. The van der Waals surface area contributed by atoms with Gasteiger partial charge >= 0.3 is 0 Å². The van der Waals surface area contributed by atoms with Crippen molar-refractivity contribution in [2.24, 2.45) is 22.9 Å². The molecule has 0 spiro atoms. The predicted octanol–water partition coefficient (Wildman–Crippen LogP) is 4.90. The van der Waals surface area contributed by atoms with Crippen LogP contribution in [0.3, 0.4) is 0 Å². The molecule has 13 nitrogen and oxygen atoms in total. The zero-order valence-electron chi connectivity index (χ0n) is 34.9. The average molecular weight is 781 g/mol. The third kappa shape index (κ3) is 31.2. The summed E-state index contributed by atoms with van der Waals surface area (Å²) >= 11 is 0. The molecule has 0 radical (unpaired) electrons. The van der Waals surface area contributed by atoms with Gasteiger partial charge in [-0.05, 0) is 103 Å². The van der Waals surface area contributed by atoms with E-state index in [1.54, 1.807) is 0 Å². The molecular formula is C42H84N8O5. The van der Waals surface area contributed by atoms with Crippen molar-refractivity contribution in [3.05, 3.63) is 0 Å². The van der Waals surface area contributed by atoms with Crippen molar-refractivity contribution >= 4 is 29.9 Å². The Morgan fingerprint density at radius 3 is 1.56 bits per heavy atom. The van der Waals surface area contributed by atoms with Crippen LogP contribution in [0.4, 0.5) is 0 Å². The lowest BCUT2D eigenvalue weighted by atomic mass is 9.98. The second-order valence-corrected chi connectivity index (χ2v) is 15.4. The van der Waals surface area contributed by atoms with E-state index in [4.69, 9.17) is 22.9 Å². The molecule has 0 saturated carbocycles. The Bertz CT molecular complexity index is 972. The van der Waals surface area contributed by atoms with Crippen LogP contribution in [0.2, 0.25) is 0 Å². The normalized spacial score (nSPS) is 13.5. The molecule has 12 N–H and O–H groups in total. The Hall–Kier alpha value is -2.61. The van der Waals surface area contributed by atoms with Crippen LogP contribution in [0, 0.1) is 0 Å². The third-order valence-corrected chi connectivity index (χ3v) is 10.3. The number of unbranched alkanes of at least 4 members (excludes halogenated alkanes) is 16. The van der Waals surface area contributed by atoms with Crippen LogP contribution in [-0.4, -0.2) is 80.3 Å². The van der Waals surface area contributed by atoms with Crippen molar-refractivity contribution in [3.8, 4) is 0 Å². The summed E-state index contributed by atoms with van der Waals surface area (Å²) in [5.74, 6) is -0.876. The van der Waals surface area contributed by atoms with Gasteiger partial charge in [0.25, 0.3) is 0 Å². The van der Waals surface area contributed by atoms with Crippen LogP contribution in [0.25, 0.3) is 0 Å². The number of nitrogens with two attached hydrogens (primary N) is 4. The van der Waals surface area contributed by atoms with Crippen molar-refractivity contribution in [3.63, 3.8) is 0 Å². The quantitative estimate of drug-likeness (QED) is 0.0311. The molecule has 0 aromatic heterocycles. The fraction of sp³-hybridized carbons (Fsp3) is 0.881. The zero-order valence-corrected chi connectivity index (χ0v) is 34.9. The summed E-state index contributed by atoms with van der Waals surface area (Å²) in [6, 6.07) is -1.40. The lowest BCUT2D eigenvalue weighted by molar-refractivity contribution is -0.130. The molecule has 0 aromatic carbocycles. The Labute approximate surface area is 334 Å². The summed E-state index contributed by atoms with van der Waals surface area (Å²) in [4.78, 5) is 61.7. The molecule has 0 rings (SSSR count). The minimum absolute atomic E-state index is 0.121. The highest BCUT2D eigenvalue weighted by Crippen LogP contribution is 2.15. The molecular weight excluding hydrogens is 697 g/mol. The summed E-state index contributed by atoms with van der Waals surface area (Å²) < 4.78 is 0. The standard InChI is InChI=1S/C42H84N8O5/c1-2-3-13-24-35(25-14-10-12-23-34-51)48-38(28-18-21-32-45)42(55)50-37(27-17-20-31-44)41(54)47-33-22-11-8-6-4-5-7-9-15-29-39(52)49-36(40(46)53)26-16-19-30-43/h34-38,48H,2-33,43-45H2,1H3,(H2,46,53)(H,47,54)(H,49,52)(H,50,55). The van der Waals surface area contributed by atoms with Crippen molar-refractivity contribution in [1.82, 2.24) is 21.3 Å². The highest BCUT2D eigenvalue weighted by atomic mass is 16.2. The summed E-state index contributed by atoms with van der Waals surface area (Å²) in [7, 11) is 0. The summed E-state index contributed by atoms with van der Waals surface area (Å²) in [5, 5.41) is 12.6. The van der Waals surface area contributed by atoms with E-state index in [0.717, 1.165) is 154 Å². The van der Waals surface area contributed by atoms with Crippen LogP contribution in [0.5, 0.6) is 0 Å². The summed E-state index contributed by atoms with van der Waals surface area (Å²) in [6.07, 6.45) is 26.0. The molecule has 0 aromatic rings. The van der Waals surface area contributed by atoms with Gasteiger partial charge in [-0.1, -0.05) is 90.4 Å². The molecule has 55 heavy (non-hydrogen) atoms. The van der Waals surface area contributed by atoms with Crippen LogP contribution in [-0.2, 0) is 24.0 Å². The minimum atomic E-state index is -0.617. The van der Waals surface area contributed by atoms with Gasteiger partial charge < -0.3 is 49.0 Å². The van der Waals surface area contributed by atoms with Gasteiger partial charge in [0, 0.05) is 25.4 Å². The Balaban J connectivity index is 4.72. The maximum absolute atomic E-state index is 13.8. The van der Waals surface area contributed by atoms with Crippen LogP contribution in [0.1, 0.15) is 187 Å². The molecule has 0 saturated heterocycles. The summed E-state index contributed by atoms with van der Waals surface area (Å²) in [6.45, 7) is 4.45. The van der Waals surface area contributed by atoms with Crippen LogP contribution in [0.15, 0.2) is 0 Å². The van der Waals surface area contributed by atoms with Gasteiger partial charge in [0.15, 0.2) is 0 Å². The van der Waals surface area contributed by atoms with E-state index < -0.39 is 24.0 Å². The highest BCUT2D eigenvalue weighted by Gasteiger charge is 2.27. The Morgan fingerprint density at radius 2 is 1.02 bits per heavy atom. The number of primary amides is 1. The fourth-order valence-electron chi connectivity index (χ4n) is 6.88. The molecule has 322 valence electrons. The van der Waals surface area contributed by atoms with Gasteiger partial charge in [0.1, 0.15) is 18.4 Å². The lowest BCUT2D eigenvalue weighted by Crippen LogP contribution is -2.54. The number of carbonyl (C=O) groups excluding carboxylic acids is 5. The Kier molecular flexibility index (Phi) is 36.5. The number of rotatable bonds is 41. The maximum atomic E-state index is 13.8. The summed E-state index contributed by atoms with van der Waals surface area (Å²) in [5.41, 5.74) is 22.5. The number of hydrogen-bond acceptors (Lipinski definition) is 9. The minimum Gasteiger partial charge on any atom is -0.368 e. The van der Waals surface area contributed by atoms with Crippen LogP contribution >= 0.6 is 0 Å². The smallest absolute Gasteiger partial charge is 0.242 e. The molecule has 0 aliphatic carbocycles. The third-order valence-electron chi connectivity index (χ3n) is 10.3.